The van der Waals surface area contributed by atoms with E-state index in [1.165, 1.54) is 16.4 Å². The number of carbonyl (C=O) groups is 2. The molecule has 0 unspecified atom stereocenters. The number of likely N-dealkylation sites (tertiary alicyclic amines) is 1. The van der Waals surface area contributed by atoms with E-state index in [1.54, 1.807) is 0 Å². The van der Waals surface area contributed by atoms with E-state index in [4.69, 9.17) is 0 Å². The van der Waals surface area contributed by atoms with Gasteiger partial charge in [0.15, 0.2) is 0 Å². The molecule has 1 aliphatic rings. The highest BCUT2D eigenvalue weighted by Gasteiger charge is 2.30. The molecule has 1 aliphatic heterocycles. The predicted octanol–water partition coefficient (Wildman–Crippen LogP) is 1.01. The van der Waals surface area contributed by atoms with Gasteiger partial charge in [-0.2, -0.15) is 0 Å². The third kappa shape index (κ3) is 2.60. The summed E-state index contributed by atoms with van der Waals surface area (Å²) < 4.78 is 3.85. The lowest BCUT2D eigenvalue weighted by Crippen LogP contribution is -2.28. The number of imide groups is 1. The molecule has 17 heavy (non-hydrogen) atoms. The molecule has 1 aromatic heterocycles. The number of rotatable bonds is 5. The van der Waals surface area contributed by atoms with Crippen LogP contribution in [0.4, 0.5) is 5.00 Å². The van der Waals surface area contributed by atoms with Gasteiger partial charge in [-0.3, -0.25) is 14.5 Å². The van der Waals surface area contributed by atoms with Crippen molar-refractivity contribution in [2.45, 2.75) is 32.7 Å². The summed E-state index contributed by atoms with van der Waals surface area (Å²) >= 11 is 1.25. The van der Waals surface area contributed by atoms with Crippen LogP contribution in [-0.2, 0) is 16.1 Å². The number of hydrogen-bond donors (Lipinski definition) is 1. The third-order valence-corrected chi connectivity index (χ3v) is 3.28. The van der Waals surface area contributed by atoms with Gasteiger partial charge in [-0.1, -0.05) is 11.4 Å². The summed E-state index contributed by atoms with van der Waals surface area (Å²) in [4.78, 5) is 24.2. The molecular formula is C10H14N4O2S. The highest BCUT2D eigenvalue weighted by Crippen LogP contribution is 2.22. The van der Waals surface area contributed by atoms with Crippen molar-refractivity contribution in [1.29, 1.82) is 0 Å². The first-order valence-electron chi connectivity index (χ1n) is 5.60. The number of nitrogens with one attached hydrogen (secondary N) is 1. The smallest absolute Gasteiger partial charge is 0.230 e. The van der Waals surface area contributed by atoms with Gasteiger partial charge in [0.1, 0.15) is 10.7 Å². The van der Waals surface area contributed by atoms with Gasteiger partial charge >= 0.3 is 0 Å². The zero-order valence-corrected chi connectivity index (χ0v) is 10.4. The van der Waals surface area contributed by atoms with Gasteiger partial charge in [0.25, 0.3) is 0 Å². The molecule has 2 heterocycles. The van der Waals surface area contributed by atoms with E-state index in [-0.39, 0.29) is 18.4 Å². The Bertz CT molecular complexity index is 416. The van der Waals surface area contributed by atoms with Crippen molar-refractivity contribution in [3.63, 3.8) is 0 Å². The molecule has 0 radical (unpaired) electrons. The van der Waals surface area contributed by atoms with E-state index in [1.807, 2.05) is 0 Å². The van der Waals surface area contributed by atoms with E-state index in [0.29, 0.717) is 18.5 Å². The molecule has 1 fully saturated rings. The summed E-state index contributed by atoms with van der Waals surface area (Å²) in [6, 6.07) is 0. The first-order chi connectivity index (χ1) is 8.22. The van der Waals surface area contributed by atoms with Gasteiger partial charge in [-0.05, 0) is 6.42 Å². The Balaban J connectivity index is 2.05. The summed E-state index contributed by atoms with van der Waals surface area (Å²) in [6.07, 6.45) is 1.63. The zero-order valence-electron chi connectivity index (χ0n) is 9.60. The molecule has 0 saturated carbocycles. The summed E-state index contributed by atoms with van der Waals surface area (Å²) in [5.41, 5.74) is 0.673. The lowest BCUT2D eigenvalue weighted by atomic mass is 10.4. The first-order valence-corrected chi connectivity index (χ1v) is 6.38. The predicted molar refractivity (Wildman–Crippen MR) is 63.5 cm³/mol. The van der Waals surface area contributed by atoms with Crippen LogP contribution in [0.1, 0.15) is 31.9 Å². The Morgan fingerprint density at radius 3 is 2.71 bits per heavy atom. The van der Waals surface area contributed by atoms with Crippen molar-refractivity contribution < 1.29 is 9.59 Å². The topological polar surface area (TPSA) is 75.2 Å². The van der Waals surface area contributed by atoms with Crippen molar-refractivity contribution in [3.8, 4) is 0 Å². The van der Waals surface area contributed by atoms with Crippen molar-refractivity contribution in [3.05, 3.63) is 5.69 Å². The Labute approximate surface area is 103 Å². The van der Waals surface area contributed by atoms with Crippen LogP contribution in [0.5, 0.6) is 0 Å². The summed E-state index contributed by atoms with van der Waals surface area (Å²) in [6.45, 7) is 3.13. The van der Waals surface area contributed by atoms with Crippen LogP contribution < -0.4 is 5.32 Å². The Morgan fingerprint density at radius 2 is 2.06 bits per heavy atom. The average Bonchev–Trinajstić information content (AvgIpc) is 2.88. The molecule has 0 atom stereocenters. The molecule has 2 rings (SSSR count). The summed E-state index contributed by atoms with van der Waals surface area (Å²) in [7, 11) is 0. The van der Waals surface area contributed by atoms with Gasteiger partial charge in [-0.15, -0.1) is 5.10 Å². The summed E-state index contributed by atoms with van der Waals surface area (Å²) in [5.74, 6) is -0.242. The van der Waals surface area contributed by atoms with Gasteiger partial charge in [0, 0.05) is 30.9 Å². The molecular weight excluding hydrogens is 240 g/mol. The van der Waals surface area contributed by atoms with E-state index in [9.17, 15) is 9.59 Å². The van der Waals surface area contributed by atoms with Crippen molar-refractivity contribution in [2.24, 2.45) is 0 Å². The maximum Gasteiger partial charge on any atom is 0.230 e. The number of nitrogens with zero attached hydrogens (tertiary/aromatic N) is 3. The number of hydrogen-bond acceptors (Lipinski definition) is 6. The molecule has 6 nitrogen and oxygen atoms in total. The van der Waals surface area contributed by atoms with Crippen LogP contribution in [-0.4, -0.2) is 32.8 Å². The molecule has 1 aromatic rings. The van der Waals surface area contributed by atoms with E-state index in [0.717, 1.165) is 18.0 Å². The van der Waals surface area contributed by atoms with E-state index >= 15 is 0 Å². The van der Waals surface area contributed by atoms with Crippen molar-refractivity contribution in [1.82, 2.24) is 14.5 Å². The fourth-order valence-corrected chi connectivity index (χ4v) is 2.23. The first kappa shape index (κ1) is 12.0. The maximum atomic E-state index is 11.5. The molecule has 7 heteroatoms. The standard InChI is InChI=1S/C10H14N4O2S/c1-2-5-11-10-7(12-13-17-10)6-14-8(15)3-4-9(14)16/h11H,2-6H2,1H3. The molecule has 0 aliphatic carbocycles. The second-order valence-electron chi connectivity index (χ2n) is 3.85. The minimum atomic E-state index is -0.121. The van der Waals surface area contributed by atoms with Gasteiger partial charge < -0.3 is 5.32 Å². The van der Waals surface area contributed by atoms with E-state index in [2.05, 4.69) is 21.8 Å². The summed E-state index contributed by atoms with van der Waals surface area (Å²) in [5, 5.41) is 8.00. The molecule has 0 spiro atoms. The molecule has 0 bridgehead atoms. The lowest BCUT2D eigenvalue weighted by Gasteiger charge is -2.12. The second-order valence-corrected chi connectivity index (χ2v) is 4.60. The Kier molecular flexibility index (Phi) is 3.68. The fourth-order valence-electron chi connectivity index (χ4n) is 1.63. The van der Waals surface area contributed by atoms with Crippen molar-refractivity contribution in [2.75, 3.05) is 11.9 Å². The number of anilines is 1. The third-order valence-electron chi connectivity index (χ3n) is 2.55. The average molecular weight is 254 g/mol. The van der Waals surface area contributed by atoms with Crippen LogP contribution in [0.15, 0.2) is 0 Å². The quantitative estimate of drug-likeness (QED) is 0.794. The van der Waals surface area contributed by atoms with Crippen LogP contribution in [0.3, 0.4) is 0 Å². The second kappa shape index (κ2) is 5.22. The minimum Gasteiger partial charge on any atom is -0.374 e. The molecule has 92 valence electrons. The lowest BCUT2D eigenvalue weighted by molar-refractivity contribution is -0.139. The molecule has 0 aromatic carbocycles. The Hall–Kier alpha value is -1.50. The fraction of sp³-hybridized carbons (Fsp3) is 0.600. The SMILES string of the molecule is CCCNc1snnc1CN1C(=O)CCC1=O. The van der Waals surface area contributed by atoms with Crippen LogP contribution in [0.25, 0.3) is 0 Å². The normalized spacial score (nSPS) is 15.7. The largest absolute Gasteiger partial charge is 0.374 e. The number of amides is 2. The number of aromatic nitrogens is 2. The minimum absolute atomic E-state index is 0.121. The van der Waals surface area contributed by atoms with Crippen LogP contribution in [0, 0.1) is 0 Å². The van der Waals surface area contributed by atoms with Crippen LogP contribution >= 0.6 is 11.5 Å². The zero-order chi connectivity index (χ0) is 12.3. The molecule has 1 N–H and O–H groups in total. The van der Waals surface area contributed by atoms with Crippen LogP contribution in [0.2, 0.25) is 0 Å². The van der Waals surface area contributed by atoms with Crippen molar-refractivity contribution >= 4 is 28.3 Å². The van der Waals surface area contributed by atoms with Gasteiger partial charge in [0.2, 0.25) is 11.8 Å². The Morgan fingerprint density at radius 1 is 1.35 bits per heavy atom. The van der Waals surface area contributed by atoms with Gasteiger partial charge in [0.05, 0.1) is 6.54 Å². The number of carbonyl (C=O) groups excluding carboxylic acids is 2. The van der Waals surface area contributed by atoms with E-state index < -0.39 is 0 Å². The highest BCUT2D eigenvalue weighted by atomic mass is 32.1. The molecule has 1 saturated heterocycles. The molecule has 2 amide bonds. The van der Waals surface area contributed by atoms with Gasteiger partial charge in [-0.25, -0.2) is 0 Å². The monoisotopic (exact) mass is 254 g/mol. The highest BCUT2D eigenvalue weighted by molar-refractivity contribution is 7.10. The maximum absolute atomic E-state index is 11.5.